The zero-order valence-electron chi connectivity index (χ0n) is 12.9. The molecule has 1 aliphatic carbocycles. The molecule has 2 aromatic rings. The van der Waals surface area contributed by atoms with Gasteiger partial charge in [0, 0.05) is 16.7 Å². The highest BCUT2D eigenvalue weighted by atomic mass is 32.1. The summed E-state index contributed by atoms with van der Waals surface area (Å²) in [6.45, 7) is 2.07. The van der Waals surface area contributed by atoms with Gasteiger partial charge >= 0.3 is 5.97 Å². The molecule has 1 aromatic carbocycles. The average Bonchev–Trinajstić information content (AvgIpc) is 3.21. The third kappa shape index (κ3) is 3.62. The van der Waals surface area contributed by atoms with E-state index in [0.29, 0.717) is 0 Å². The van der Waals surface area contributed by atoms with Crippen LogP contribution in [-0.4, -0.2) is 17.0 Å². The van der Waals surface area contributed by atoms with Crippen molar-refractivity contribution in [1.29, 1.82) is 0 Å². The van der Waals surface area contributed by atoms with Gasteiger partial charge in [0.2, 0.25) is 5.91 Å². The van der Waals surface area contributed by atoms with Gasteiger partial charge in [-0.2, -0.15) is 0 Å². The number of hydrogen-bond acceptors (Lipinski definition) is 3. The molecular weight excluding hydrogens is 310 g/mol. The Bertz CT molecular complexity index is 710. The van der Waals surface area contributed by atoms with Crippen molar-refractivity contribution in [1.82, 2.24) is 5.32 Å². The van der Waals surface area contributed by atoms with Crippen LogP contribution in [0, 0.1) is 12.8 Å². The Balaban J connectivity index is 1.68. The highest BCUT2D eigenvalue weighted by Gasteiger charge is 2.45. The Hall–Kier alpha value is -2.14. The van der Waals surface area contributed by atoms with Gasteiger partial charge in [-0.05, 0) is 35.9 Å². The topological polar surface area (TPSA) is 66.4 Å². The maximum Gasteiger partial charge on any atom is 0.305 e. The maximum atomic E-state index is 12.5. The number of carboxylic acid groups (broad SMARTS) is 1. The number of benzene rings is 1. The minimum absolute atomic E-state index is 0.0349. The van der Waals surface area contributed by atoms with Crippen LogP contribution in [0.2, 0.25) is 0 Å². The van der Waals surface area contributed by atoms with E-state index >= 15 is 0 Å². The highest BCUT2D eigenvalue weighted by molar-refractivity contribution is 7.10. The van der Waals surface area contributed by atoms with Crippen molar-refractivity contribution in [3.8, 4) is 0 Å². The molecule has 0 spiro atoms. The largest absolute Gasteiger partial charge is 0.481 e. The van der Waals surface area contributed by atoms with E-state index in [4.69, 9.17) is 5.11 Å². The van der Waals surface area contributed by atoms with E-state index in [-0.39, 0.29) is 24.2 Å². The lowest BCUT2D eigenvalue weighted by Gasteiger charge is -2.17. The predicted molar refractivity (Wildman–Crippen MR) is 89.5 cm³/mol. The number of aryl methyl sites for hydroxylation is 1. The van der Waals surface area contributed by atoms with E-state index < -0.39 is 12.0 Å². The van der Waals surface area contributed by atoms with Crippen molar-refractivity contribution in [3.63, 3.8) is 0 Å². The Kier molecular flexibility index (Phi) is 4.48. The van der Waals surface area contributed by atoms with Crippen LogP contribution >= 0.6 is 11.3 Å². The molecule has 4 nitrogen and oxygen atoms in total. The highest BCUT2D eigenvalue weighted by Crippen LogP contribution is 2.50. The van der Waals surface area contributed by atoms with Crippen molar-refractivity contribution < 1.29 is 14.7 Å². The van der Waals surface area contributed by atoms with Crippen LogP contribution in [0.15, 0.2) is 41.8 Å². The number of carbonyl (C=O) groups excluding carboxylic acids is 1. The standard InChI is InChI=1S/C18H19NO3S/c1-11-7-8-23-17(11)13-9-14(13)18(22)19-15(10-16(20)21)12-5-3-2-4-6-12/h2-8,13-15H,9-10H2,1H3,(H,19,22)(H,20,21). The first-order valence-electron chi connectivity index (χ1n) is 7.67. The van der Waals surface area contributed by atoms with Gasteiger partial charge in [-0.25, -0.2) is 0 Å². The first kappa shape index (κ1) is 15.7. The van der Waals surface area contributed by atoms with Crippen molar-refractivity contribution in [2.45, 2.75) is 31.7 Å². The third-order valence-electron chi connectivity index (χ3n) is 4.26. The fourth-order valence-electron chi connectivity index (χ4n) is 2.93. The van der Waals surface area contributed by atoms with Crippen molar-refractivity contribution >= 4 is 23.2 Å². The summed E-state index contributed by atoms with van der Waals surface area (Å²) in [5, 5.41) is 14.1. The lowest BCUT2D eigenvalue weighted by atomic mass is 10.0. The molecule has 2 N–H and O–H groups in total. The molecule has 0 bridgehead atoms. The molecule has 1 aliphatic rings. The Morgan fingerprint density at radius 3 is 2.65 bits per heavy atom. The molecule has 0 saturated heterocycles. The van der Waals surface area contributed by atoms with E-state index in [1.165, 1.54) is 10.4 Å². The summed E-state index contributed by atoms with van der Waals surface area (Å²) in [7, 11) is 0. The molecule has 0 radical (unpaired) electrons. The quantitative estimate of drug-likeness (QED) is 0.852. The molecule has 1 fully saturated rings. The Morgan fingerprint density at radius 1 is 1.30 bits per heavy atom. The summed E-state index contributed by atoms with van der Waals surface area (Å²) in [5.74, 6) is -0.706. The monoisotopic (exact) mass is 329 g/mol. The summed E-state index contributed by atoms with van der Waals surface area (Å²) in [4.78, 5) is 24.9. The number of nitrogens with one attached hydrogen (secondary N) is 1. The third-order valence-corrected chi connectivity index (χ3v) is 5.41. The van der Waals surface area contributed by atoms with E-state index in [1.54, 1.807) is 11.3 Å². The Labute approximate surface area is 139 Å². The SMILES string of the molecule is Cc1ccsc1C1CC1C(=O)NC(CC(=O)O)c1ccccc1. The fourth-order valence-corrected chi connectivity index (χ4v) is 4.04. The molecule has 1 aromatic heterocycles. The smallest absolute Gasteiger partial charge is 0.305 e. The number of aliphatic carboxylic acids is 1. The fraction of sp³-hybridized carbons (Fsp3) is 0.333. The van der Waals surface area contributed by atoms with Gasteiger partial charge in [-0.1, -0.05) is 30.3 Å². The van der Waals surface area contributed by atoms with Crippen molar-refractivity contribution in [2.24, 2.45) is 5.92 Å². The van der Waals surface area contributed by atoms with E-state index in [0.717, 1.165) is 12.0 Å². The van der Waals surface area contributed by atoms with Crippen LogP contribution < -0.4 is 5.32 Å². The van der Waals surface area contributed by atoms with Gasteiger partial charge in [-0.15, -0.1) is 11.3 Å². The number of thiophene rings is 1. The van der Waals surface area contributed by atoms with E-state index in [9.17, 15) is 9.59 Å². The van der Waals surface area contributed by atoms with Gasteiger partial charge in [0.15, 0.2) is 0 Å². The first-order valence-corrected chi connectivity index (χ1v) is 8.55. The number of carboxylic acids is 1. The second-order valence-corrected chi connectivity index (χ2v) is 6.93. The van der Waals surface area contributed by atoms with Gasteiger partial charge in [0.05, 0.1) is 12.5 Å². The lowest BCUT2D eigenvalue weighted by molar-refractivity contribution is -0.137. The van der Waals surface area contributed by atoms with Gasteiger partial charge in [-0.3, -0.25) is 9.59 Å². The minimum atomic E-state index is -0.916. The summed E-state index contributed by atoms with van der Waals surface area (Å²) in [6, 6.07) is 10.9. The van der Waals surface area contributed by atoms with Gasteiger partial charge < -0.3 is 10.4 Å². The summed E-state index contributed by atoms with van der Waals surface area (Å²) >= 11 is 1.69. The maximum absolute atomic E-state index is 12.5. The molecule has 1 heterocycles. The summed E-state index contributed by atoms with van der Waals surface area (Å²) < 4.78 is 0. The van der Waals surface area contributed by atoms with Crippen molar-refractivity contribution in [3.05, 3.63) is 57.8 Å². The molecule has 0 aliphatic heterocycles. The summed E-state index contributed by atoms with van der Waals surface area (Å²) in [5.41, 5.74) is 2.06. The van der Waals surface area contributed by atoms with Crippen LogP contribution in [0.4, 0.5) is 0 Å². The second-order valence-electron chi connectivity index (χ2n) is 5.99. The van der Waals surface area contributed by atoms with E-state index in [1.807, 2.05) is 30.3 Å². The van der Waals surface area contributed by atoms with Gasteiger partial charge in [0.1, 0.15) is 0 Å². The number of amides is 1. The van der Waals surface area contributed by atoms with Crippen LogP contribution in [0.3, 0.4) is 0 Å². The van der Waals surface area contributed by atoms with Crippen LogP contribution in [0.5, 0.6) is 0 Å². The van der Waals surface area contributed by atoms with E-state index in [2.05, 4.69) is 23.7 Å². The lowest BCUT2D eigenvalue weighted by Crippen LogP contribution is -2.31. The molecule has 1 saturated carbocycles. The molecule has 1 amide bonds. The second kappa shape index (κ2) is 6.54. The molecule has 5 heteroatoms. The zero-order chi connectivity index (χ0) is 16.4. The molecule has 3 unspecified atom stereocenters. The molecular formula is C18H19NO3S. The van der Waals surface area contributed by atoms with Crippen LogP contribution in [0.1, 0.15) is 40.8 Å². The minimum Gasteiger partial charge on any atom is -0.481 e. The summed E-state index contributed by atoms with van der Waals surface area (Å²) in [6.07, 6.45) is 0.743. The zero-order valence-corrected chi connectivity index (χ0v) is 13.7. The van der Waals surface area contributed by atoms with Crippen LogP contribution in [-0.2, 0) is 9.59 Å². The van der Waals surface area contributed by atoms with Crippen molar-refractivity contribution in [2.75, 3.05) is 0 Å². The number of rotatable bonds is 6. The molecule has 120 valence electrons. The average molecular weight is 329 g/mol. The normalized spacial score (nSPS) is 20.7. The predicted octanol–water partition coefficient (Wildman–Crippen LogP) is 3.49. The molecule has 3 rings (SSSR count). The molecule has 3 atom stereocenters. The first-order chi connectivity index (χ1) is 11.1. The number of hydrogen-bond donors (Lipinski definition) is 2. The Morgan fingerprint density at radius 2 is 2.04 bits per heavy atom. The molecule has 23 heavy (non-hydrogen) atoms. The number of carbonyl (C=O) groups is 2. The van der Waals surface area contributed by atoms with Crippen LogP contribution in [0.25, 0.3) is 0 Å². The van der Waals surface area contributed by atoms with Gasteiger partial charge in [0.25, 0.3) is 0 Å².